The zero-order valence-electron chi connectivity index (χ0n) is 20.7. The van der Waals surface area contributed by atoms with E-state index in [-0.39, 0.29) is 17.2 Å². The number of nitrogens with zero attached hydrogens (tertiary/aromatic N) is 5. The van der Waals surface area contributed by atoms with E-state index in [2.05, 4.69) is 75.8 Å². The smallest absolute Gasteiger partial charge is 0.253 e. The monoisotopic (exact) mass is 492 g/mol. The number of aromatic nitrogens is 5. The molecule has 1 aliphatic heterocycles. The number of thiophene rings is 1. The lowest BCUT2D eigenvalue weighted by Crippen LogP contribution is -2.40. The minimum absolute atomic E-state index is 0.110. The van der Waals surface area contributed by atoms with Gasteiger partial charge in [-0.25, -0.2) is 4.68 Å². The standard InChI is InChI=1S/C26H32N6O2S/c1-17-9-10-18-14-21(25(33)27-22(18)13-17)23(24-28-29-30-32(24)26(2,3)4)31(15-19-7-5-11-34-19)16-20-8-6-12-35-20/h6,8-10,12-14,19,23H,5,7,11,15-16H2,1-4H3,(H,27,33)/t19-,23-/m1/s1. The first kappa shape index (κ1) is 23.8. The molecule has 0 bridgehead atoms. The van der Waals surface area contributed by atoms with E-state index in [9.17, 15) is 4.79 Å². The predicted octanol–water partition coefficient (Wildman–Crippen LogP) is 4.41. The second-order valence-corrected chi connectivity index (χ2v) is 11.3. The lowest BCUT2D eigenvalue weighted by molar-refractivity contribution is 0.0569. The van der Waals surface area contributed by atoms with E-state index >= 15 is 0 Å². The van der Waals surface area contributed by atoms with E-state index in [0.29, 0.717) is 24.5 Å². The maximum Gasteiger partial charge on any atom is 0.253 e. The molecule has 5 rings (SSSR count). The summed E-state index contributed by atoms with van der Waals surface area (Å²) < 4.78 is 7.88. The molecule has 184 valence electrons. The minimum atomic E-state index is -0.440. The first-order valence-corrected chi connectivity index (χ1v) is 13.0. The van der Waals surface area contributed by atoms with Crippen molar-refractivity contribution in [1.29, 1.82) is 0 Å². The van der Waals surface area contributed by atoms with Crippen LogP contribution < -0.4 is 5.56 Å². The maximum atomic E-state index is 13.6. The number of tetrazole rings is 1. The van der Waals surface area contributed by atoms with E-state index in [1.165, 1.54) is 4.88 Å². The molecule has 8 nitrogen and oxygen atoms in total. The van der Waals surface area contributed by atoms with Crippen LogP contribution in [0.15, 0.2) is 46.6 Å². The number of pyridine rings is 1. The van der Waals surface area contributed by atoms with Crippen molar-refractivity contribution in [3.8, 4) is 0 Å². The highest BCUT2D eigenvalue weighted by Crippen LogP contribution is 2.32. The van der Waals surface area contributed by atoms with Gasteiger partial charge in [0, 0.05) is 35.7 Å². The van der Waals surface area contributed by atoms with Gasteiger partial charge >= 0.3 is 0 Å². The number of fused-ring (bicyclic) bond motifs is 1. The van der Waals surface area contributed by atoms with Crippen LogP contribution in [0.25, 0.3) is 10.9 Å². The van der Waals surface area contributed by atoms with Crippen molar-refractivity contribution in [2.24, 2.45) is 0 Å². The fourth-order valence-corrected chi connectivity index (χ4v) is 5.52. The summed E-state index contributed by atoms with van der Waals surface area (Å²) in [5.74, 6) is 0.656. The third-order valence-corrected chi connectivity index (χ3v) is 7.33. The molecule has 3 aromatic heterocycles. The Morgan fingerprint density at radius 2 is 2.14 bits per heavy atom. The lowest BCUT2D eigenvalue weighted by Gasteiger charge is -2.34. The molecule has 0 radical (unpaired) electrons. The number of aryl methyl sites for hydroxylation is 1. The molecule has 1 fully saturated rings. The maximum absolute atomic E-state index is 13.6. The van der Waals surface area contributed by atoms with Crippen LogP contribution in [0.4, 0.5) is 0 Å². The molecule has 4 aromatic rings. The Labute approximate surface area is 208 Å². The van der Waals surface area contributed by atoms with Crippen molar-refractivity contribution in [2.45, 2.75) is 64.8 Å². The van der Waals surface area contributed by atoms with Gasteiger partial charge in [0.2, 0.25) is 0 Å². The Morgan fingerprint density at radius 1 is 1.29 bits per heavy atom. The van der Waals surface area contributed by atoms with E-state index < -0.39 is 6.04 Å². The second-order valence-electron chi connectivity index (χ2n) is 10.3. The molecule has 2 atom stereocenters. The van der Waals surface area contributed by atoms with Gasteiger partial charge in [0.1, 0.15) is 6.04 Å². The number of aromatic amines is 1. The number of rotatable bonds is 7. The quantitative estimate of drug-likeness (QED) is 0.411. The Morgan fingerprint density at radius 3 is 2.86 bits per heavy atom. The number of ether oxygens (including phenoxy) is 1. The average Bonchev–Trinajstić information content (AvgIpc) is 3.57. The van der Waals surface area contributed by atoms with Gasteiger partial charge in [-0.3, -0.25) is 9.69 Å². The SMILES string of the molecule is Cc1ccc2cc([C@H](c3nnnn3C(C)(C)C)N(Cc3cccs3)C[C@H]3CCCO3)c(=O)[nH]c2c1. The highest BCUT2D eigenvalue weighted by Gasteiger charge is 2.35. The Hall–Kier alpha value is -2.88. The van der Waals surface area contributed by atoms with Crippen LogP contribution in [0, 0.1) is 6.92 Å². The third-order valence-electron chi connectivity index (χ3n) is 6.46. The van der Waals surface area contributed by atoms with Crippen molar-refractivity contribution in [3.05, 3.63) is 74.0 Å². The average molecular weight is 493 g/mol. The van der Waals surface area contributed by atoms with Crippen molar-refractivity contribution in [3.63, 3.8) is 0 Å². The van der Waals surface area contributed by atoms with Gasteiger partial charge in [0.05, 0.1) is 11.6 Å². The first-order valence-electron chi connectivity index (χ1n) is 12.1. The van der Waals surface area contributed by atoms with Crippen LogP contribution in [0.3, 0.4) is 0 Å². The normalized spacial score (nSPS) is 17.5. The molecular formula is C26H32N6O2S. The zero-order chi connectivity index (χ0) is 24.6. The van der Waals surface area contributed by atoms with Crippen LogP contribution in [0.5, 0.6) is 0 Å². The molecule has 35 heavy (non-hydrogen) atoms. The van der Waals surface area contributed by atoms with E-state index in [4.69, 9.17) is 4.74 Å². The van der Waals surface area contributed by atoms with Gasteiger partial charge in [0.25, 0.3) is 5.56 Å². The van der Waals surface area contributed by atoms with Gasteiger partial charge in [-0.15, -0.1) is 16.4 Å². The Kier molecular flexibility index (Phi) is 6.57. The summed E-state index contributed by atoms with van der Waals surface area (Å²) in [5, 5.41) is 15.9. The number of hydrogen-bond acceptors (Lipinski definition) is 7. The van der Waals surface area contributed by atoms with Crippen LogP contribution in [-0.4, -0.2) is 49.3 Å². The van der Waals surface area contributed by atoms with Crippen LogP contribution in [0.1, 0.15) is 61.5 Å². The summed E-state index contributed by atoms with van der Waals surface area (Å²) in [7, 11) is 0. The second kappa shape index (κ2) is 9.64. The van der Waals surface area contributed by atoms with E-state index in [1.807, 2.05) is 23.7 Å². The Bertz CT molecular complexity index is 1350. The van der Waals surface area contributed by atoms with Crippen molar-refractivity contribution >= 4 is 22.2 Å². The molecule has 1 saturated heterocycles. The van der Waals surface area contributed by atoms with Gasteiger partial charge in [-0.1, -0.05) is 18.2 Å². The molecule has 1 N–H and O–H groups in total. The van der Waals surface area contributed by atoms with Gasteiger partial charge < -0.3 is 9.72 Å². The molecule has 0 unspecified atom stereocenters. The van der Waals surface area contributed by atoms with Gasteiger partial charge in [-0.05, 0) is 85.5 Å². The lowest BCUT2D eigenvalue weighted by atomic mass is 10.0. The van der Waals surface area contributed by atoms with Crippen LogP contribution in [-0.2, 0) is 16.8 Å². The predicted molar refractivity (Wildman–Crippen MR) is 138 cm³/mol. The molecule has 1 aromatic carbocycles. The fourth-order valence-electron chi connectivity index (χ4n) is 4.79. The molecule has 0 spiro atoms. The summed E-state index contributed by atoms with van der Waals surface area (Å²) in [5.41, 5.74) is 2.09. The van der Waals surface area contributed by atoms with Crippen molar-refractivity contribution in [1.82, 2.24) is 30.1 Å². The van der Waals surface area contributed by atoms with E-state index in [0.717, 1.165) is 35.9 Å². The number of benzene rings is 1. The topological polar surface area (TPSA) is 88.9 Å². The van der Waals surface area contributed by atoms with Crippen LogP contribution in [0.2, 0.25) is 0 Å². The molecule has 4 heterocycles. The summed E-state index contributed by atoms with van der Waals surface area (Å²) >= 11 is 1.71. The number of hydrogen-bond donors (Lipinski definition) is 1. The summed E-state index contributed by atoms with van der Waals surface area (Å²) in [6, 6.07) is 11.9. The summed E-state index contributed by atoms with van der Waals surface area (Å²) in [6.45, 7) is 10.4. The number of nitrogens with one attached hydrogen (secondary N) is 1. The van der Waals surface area contributed by atoms with Crippen LogP contribution >= 0.6 is 11.3 Å². The molecule has 0 aliphatic carbocycles. The summed E-state index contributed by atoms with van der Waals surface area (Å²) in [4.78, 5) is 20.2. The van der Waals surface area contributed by atoms with Crippen molar-refractivity contribution < 1.29 is 4.74 Å². The van der Waals surface area contributed by atoms with Gasteiger partial charge in [-0.2, -0.15) is 0 Å². The molecule has 0 saturated carbocycles. The highest BCUT2D eigenvalue weighted by atomic mass is 32.1. The number of H-pyrrole nitrogens is 1. The first-order chi connectivity index (χ1) is 16.8. The van der Waals surface area contributed by atoms with Crippen molar-refractivity contribution in [2.75, 3.05) is 13.2 Å². The highest BCUT2D eigenvalue weighted by molar-refractivity contribution is 7.09. The van der Waals surface area contributed by atoms with Gasteiger partial charge in [0.15, 0.2) is 5.82 Å². The largest absolute Gasteiger partial charge is 0.377 e. The fraction of sp³-hybridized carbons (Fsp3) is 0.462. The minimum Gasteiger partial charge on any atom is -0.377 e. The summed E-state index contributed by atoms with van der Waals surface area (Å²) in [6.07, 6.45) is 2.17. The molecule has 1 aliphatic rings. The van der Waals surface area contributed by atoms with E-state index in [1.54, 1.807) is 11.3 Å². The zero-order valence-corrected chi connectivity index (χ0v) is 21.5. The molecular weight excluding hydrogens is 460 g/mol. The Balaban J connectivity index is 1.69. The molecule has 0 amide bonds. The third kappa shape index (κ3) is 5.07. The molecule has 9 heteroatoms.